The zero-order valence-corrected chi connectivity index (χ0v) is 4.48. The first-order valence-corrected chi connectivity index (χ1v) is 2.30. The fourth-order valence-electron chi connectivity index (χ4n) is 0.410. The van der Waals surface area contributed by atoms with E-state index in [1.54, 1.807) is 0 Å². The Morgan fingerprint density at radius 2 is 2.00 bits per heavy atom. The van der Waals surface area contributed by atoms with E-state index in [1.165, 1.54) is 18.6 Å². The summed E-state index contributed by atoms with van der Waals surface area (Å²) in [4.78, 5) is 17.2. The Morgan fingerprint density at radius 3 is 2.27 bits per heavy atom. The number of carboxylic acids is 1. The van der Waals surface area contributed by atoms with Gasteiger partial charge in [0, 0.05) is 12.4 Å². The van der Waals surface area contributed by atoms with Gasteiger partial charge in [-0.1, -0.05) is 0 Å². The van der Waals surface area contributed by atoms with Crippen LogP contribution in [0.4, 0.5) is 0 Å². The molecule has 0 unspecified atom stereocenters. The molecule has 0 spiro atoms. The maximum absolute atomic E-state index is 10.1. The molecule has 0 aliphatic carbocycles. The van der Waals surface area contributed by atoms with Crippen molar-refractivity contribution in [1.29, 1.82) is 0 Å². The van der Waals surface area contributed by atoms with Crippen LogP contribution in [-0.4, -0.2) is 80.2 Å². The van der Waals surface area contributed by atoms with Crippen LogP contribution in [0.5, 0.6) is 0 Å². The van der Waals surface area contributed by atoms with Crippen LogP contribution >= 0.6 is 0 Å². The van der Waals surface area contributed by atoms with Crippen molar-refractivity contribution in [2.45, 2.75) is 0 Å². The number of hydrogen-bond donors (Lipinski definition) is 1. The summed E-state index contributed by atoms with van der Waals surface area (Å²) in [6.45, 7) is 0. The third-order valence-corrected chi connectivity index (χ3v) is 0.782. The van der Waals surface area contributed by atoms with Gasteiger partial charge in [0.05, 0.1) is 6.20 Å². The van der Waals surface area contributed by atoms with Crippen molar-refractivity contribution in [2.75, 3.05) is 0 Å². The predicted molar refractivity (Wildman–Crippen MR) is 43.3 cm³/mol. The van der Waals surface area contributed by atoms with Gasteiger partial charge >= 0.3 is 65.1 Å². The zero-order valence-electron chi connectivity index (χ0n) is 4.48. The number of nitrogens with zero attached hydrogens (tertiary/aromatic N) is 2. The fourth-order valence-corrected chi connectivity index (χ4v) is 0.410. The van der Waals surface area contributed by atoms with Crippen LogP contribution in [0.2, 0.25) is 0 Å². The van der Waals surface area contributed by atoms with Gasteiger partial charge < -0.3 is 5.11 Å². The molecule has 0 aromatic carbocycles. The third kappa shape index (κ3) is 4.90. The Balaban J connectivity index is 0. The summed E-state index contributed by atoms with van der Waals surface area (Å²) < 4.78 is 0. The van der Waals surface area contributed by atoms with Gasteiger partial charge in [0.2, 0.25) is 0 Å². The molecular weight excluding hydrogens is 166 g/mol. The topological polar surface area (TPSA) is 63.1 Å². The summed E-state index contributed by atoms with van der Waals surface area (Å²) in [7, 11) is 0. The Hall–Kier alpha value is 0.550. The van der Waals surface area contributed by atoms with E-state index in [9.17, 15) is 4.79 Å². The molecule has 1 rings (SSSR count). The van der Waals surface area contributed by atoms with Crippen molar-refractivity contribution >= 4 is 65.1 Å². The van der Waals surface area contributed by atoms with E-state index in [-0.39, 0.29) is 64.8 Å². The van der Waals surface area contributed by atoms with Crippen LogP contribution in [0.15, 0.2) is 18.6 Å². The molecule has 0 aliphatic heterocycles. The summed E-state index contributed by atoms with van der Waals surface area (Å²) in [6.07, 6.45) is 3.96. The monoisotopic (exact) mass is 172 g/mol. The van der Waals surface area contributed by atoms with E-state index >= 15 is 0 Å². The second-order valence-electron chi connectivity index (χ2n) is 1.40. The molecule has 1 aromatic heterocycles. The number of carbonyl (C=O) groups is 1. The number of carboxylic acid groups (broad SMARTS) is 1. The molecule has 0 atom stereocenters. The number of hydrogen-bond acceptors (Lipinski definition) is 3. The first-order chi connectivity index (χ1) is 4.30. The number of aromatic nitrogens is 2. The van der Waals surface area contributed by atoms with Gasteiger partial charge in [0.15, 0.2) is 5.69 Å². The molecule has 6 heteroatoms. The van der Waals surface area contributed by atoms with Gasteiger partial charge in [-0.15, -0.1) is 0 Å². The van der Waals surface area contributed by atoms with Crippen LogP contribution in [0, 0.1) is 0 Å². The first-order valence-electron chi connectivity index (χ1n) is 2.30. The maximum atomic E-state index is 10.1. The average molecular weight is 172 g/mol. The Kier molecular flexibility index (Phi) is 9.24. The molecule has 50 valence electrons. The average Bonchev–Trinajstić information content (AvgIpc) is 1.90. The molecule has 0 bridgehead atoms. The van der Waals surface area contributed by atoms with Gasteiger partial charge in [0.25, 0.3) is 0 Å². The van der Waals surface area contributed by atoms with Gasteiger partial charge in [-0.25, -0.2) is 9.78 Å². The molecule has 0 radical (unpaired) electrons. The van der Waals surface area contributed by atoms with Gasteiger partial charge in [-0.2, -0.15) is 0 Å². The number of rotatable bonds is 1. The summed E-state index contributed by atoms with van der Waals surface area (Å²) in [5, 5.41) is 8.28. The van der Waals surface area contributed by atoms with E-state index in [0.29, 0.717) is 0 Å². The van der Waals surface area contributed by atoms with Crippen molar-refractivity contribution < 1.29 is 9.90 Å². The second kappa shape index (κ2) is 7.21. The standard InChI is InChI=1S/C5H4N2O2.2Na.2H/c8-5(9)4-3-6-1-2-7-4;;;;/h1-3H,(H,8,9);;;;. The zero-order chi connectivity index (χ0) is 6.69. The van der Waals surface area contributed by atoms with Crippen molar-refractivity contribution in [3.63, 3.8) is 0 Å². The third-order valence-electron chi connectivity index (χ3n) is 0.782. The molecule has 11 heavy (non-hydrogen) atoms. The number of aromatic carboxylic acids is 1. The van der Waals surface area contributed by atoms with Crippen LogP contribution < -0.4 is 0 Å². The quantitative estimate of drug-likeness (QED) is 0.545. The van der Waals surface area contributed by atoms with E-state index in [1.807, 2.05) is 0 Å². The second-order valence-corrected chi connectivity index (χ2v) is 1.40. The van der Waals surface area contributed by atoms with Crippen LogP contribution in [0.25, 0.3) is 0 Å². The van der Waals surface area contributed by atoms with Crippen molar-refractivity contribution in [3.8, 4) is 0 Å². The summed E-state index contributed by atoms with van der Waals surface area (Å²) in [6, 6.07) is 0. The SMILES string of the molecule is O=C(O)c1cnccn1.[NaH].[NaH]. The summed E-state index contributed by atoms with van der Waals surface area (Å²) in [5.74, 6) is -1.05. The first kappa shape index (κ1) is 14.1. The molecule has 1 aromatic rings. The molecular formula is C5H6N2Na2O2. The molecule has 0 fully saturated rings. The van der Waals surface area contributed by atoms with E-state index in [0.717, 1.165) is 0 Å². The van der Waals surface area contributed by atoms with Crippen LogP contribution in [0.3, 0.4) is 0 Å². The van der Waals surface area contributed by atoms with Crippen LogP contribution in [0.1, 0.15) is 10.5 Å². The van der Waals surface area contributed by atoms with E-state index < -0.39 is 5.97 Å². The Morgan fingerprint density at radius 1 is 1.36 bits per heavy atom. The molecule has 0 saturated heterocycles. The summed E-state index contributed by atoms with van der Waals surface area (Å²) >= 11 is 0. The molecule has 1 heterocycles. The fraction of sp³-hybridized carbons (Fsp3) is 0. The van der Waals surface area contributed by atoms with Gasteiger partial charge in [-0.05, 0) is 0 Å². The molecule has 0 aliphatic rings. The molecule has 0 amide bonds. The van der Waals surface area contributed by atoms with Crippen molar-refractivity contribution in [3.05, 3.63) is 24.3 Å². The minimum atomic E-state index is -1.05. The molecule has 0 saturated carbocycles. The van der Waals surface area contributed by atoms with Crippen LogP contribution in [-0.2, 0) is 0 Å². The predicted octanol–water partition coefficient (Wildman–Crippen LogP) is -1.12. The van der Waals surface area contributed by atoms with Gasteiger partial charge in [-0.3, -0.25) is 4.98 Å². The van der Waals surface area contributed by atoms with Gasteiger partial charge in [0.1, 0.15) is 0 Å². The van der Waals surface area contributed by atoms with E-state index in [4.69, 9.17) is 5.11 Å². The molecule has 4 nitrogen and oxygen atoms in total. The normalized spacial score (nSPS) is 7.27. The van der Waals surface area contributed by atoms with Crippen molar-refractivity contribution in [1.82, 2.24) is 9.97 Å². The Labute approximate surface area is 108 Å². The minimum absolute atomic E-state index is 0. The molecule has 1 N–H and O–H groups in total. The van der Waals surface area contributed by atoms with Crippen molar-refractivity contribution in [2.24, 2.45) is 0 Å². The van der Waals surface area contributed by atoms with E-state index in [2.05, 4.69) is 9.97 Å². The Bertz CT molecular complexity index is 217. The summed E-state index contributed by atoms with van der Waals surface area (Å²) in [5.41, 5.74) is -0.0301.